The normalized spacial score (nSPS) is 20.6. The fourth-order valence-electron chi connectivity index (χ4n) is 2.26. The first-order valence-electron chi connectivity index (χ1n) is 6.31. The Morgan fingerprint density at radius 1 is 1.38 bits per heavy atom. The molecule has 0 radical (unpaired) electrons. The molecule has 2 N–H and O–H groups in total. The van der Waals surface area contributed by atoms with Gasteiger partial charge in [0.1, 0.15) is 0 Å². The van der Waals surface area contributed by atoms with Crippen molar-refractivity contribution in [2.75, 3.05) is 0 Å². The molecule has 2 amide bonds. The Balaban J connectivity index is 2.55. The van der Waals surface area contributed by atoms with Gasteiger partial charge in [-0.05, 0) is 25.1 Å². The van der Waals surface area contributed by atoms with Gasteiger partial charge in [0.2, 0.25) is 0 Å². The Morgan fingerprint density at radius 3 is 2.50 bits per heavy atom. The molecule has 24 heavy (non-hydrogen) atoms. The lowest BCUT2D eigenvalue weighted by molar-refractivity contribution is -0.184. The Kier molecular flexibility index (Phi) is 4.52. The summed E-state index contributed by atoms with van der Waals surface area (Å²) in [6.07, 6.45) is -5.24. The highest BCUT2D eigenvalue weighted by molar-refractivity contribution is 6.36. The van der Waals surface area contributed by atoms with Gasteiger partial charge in [0, 0.05) is 10.7 Å². The van der Waals surface area contributed by atoms with Gasteiger partial charge in [0.25, 0.3) is 17.4 Å². The third-order valence-corrected chi connectivity index (χ3v) is 3.95. The van der Waals surface area contributed by atoms with E-state index in [0.29, 0.717) is 0 Å². The summed E-state index contributed by atoms with van der Waals surface area (Å²) in [6, 6.07) is 4.86. The standard InChI is InChI=1S/C14H8Cl2F3N3O2/c1-6-9(5-20)13(12(24)21-6,14(17,18)19)22-11(23)8-3-2-7(15)4-10(8)16/h2-4H,1H3,(H,21,24)(H,22,23)/t13-/m0/s1. The van der Waals surface area contributed by atoms with Gasteiger partial charge in [0.05, 0.1) is 22.2 Å². The third kappa shape index (κ3) is 2.70. The predicted molar refractivity (Wildman–Crippen MR) is 79.2 cm³/mol. The van der Waals surface area contributed by atoms with Crippen LogP contribution in [0.25, 0.3) is 0 Å². The van der Waals surface area contributed by atoms with Gasteiger partial charge >= 0.3 is 6.18 Å². The molecule has 0 spiro atoms. The van der Waals surface area contributed by atoms with Crippen molar-refractivity contribution in [2.45, 2.75) is 18.6 Å². The number of amides is 2. The topological polar surface area (TPSA) is 82.0 Å². The number of rotatable bonds is 2. The lowest BCUT2D eigenvalue weighted by atomic mass is 9.90. The molecule has 0 unspecified atom stereocenters. The number of nitrogens with zero attached hydrogens (tertiary/aromatic N) is 1. The molecule has 126 valence electrons. The molecule has 1 heterocycles. The first-order chi connectivity index (χ1) is 11.0. The highest BCUT2D eigenvalue weighted by Gasteiger charge is 2.67. The average molecular weight is 378 g/mol. The number of allylic oxidation sites excluding steroid dienone is 1. The van der Waals surface area contributed by atoms with Gasteiger partial charge in [-0.25, -0.2) is 0 Å². The SMILES string of the molecule is CC1=C(C#N)[C@@](NC(=O)c2ccc(Cl)cc2Cl)(C(F)(F)F)C(=O)N1. The number of nitriles is 1. The minimum absolute atomic E-state index is 0.175. The zero-order valence-corrected chi connectivity index (χ0v) is 13.4. The van der Waals surface area contributed by atoms with Crippen molar-refractivity contribution in [3.05, 3.63) is 45.1 Å². The number of carbonyl (C=O) groups is 2. The predicted octanol–water partition coefficient (Wildman–Crippen LogP) is 2.95. The third-order valence-electron chi connectivity index (χ3n) is 3.41. The van der Waals surface area contributed by atoms with E-state index in [1.807, 2.05) is 5.32 Å². The minimum Gasteiger partial charge on any atom is -0.326 e. The number of hydrogen-bond donors (Lipinski definition) is 2. The maximum absolute atomic E-state index is 13.6. The van der Waals surface area contributed by atoms with Crippen LogP contribution in [0.2, 0.25) is 10.0 Å². The molecular weight excluding hydrogens is 370 g/mol. The summed E-state index contributed by atoms with van der Waals surface area (Å²) in [6.45, 7) is 1.13. The van der Waals surface area contributed by atoms with Gasteiger partial charge in [-0.2, -0.15) is 18.4 Å². The summed E-state index contributed by atoms with van der Waals surface area (Å²) >= 11 is 11.5. The van der Waals surface area contributed by atoms with E-state index in [0.717, 1.165) is 13.0 Å². The zero-order valence-electron chi connectivity index (χ0n) is 11.9. The molecule has 10 heteroatoms. The van der Waals surface area contributed by atoms with Crippen molar-refractivity contribution in [1.82, 2.24) is 10.6 Å². The van der Waals surface area contributed by atoms with E-state index in [2.05, 4.69) is 0 Å². The highest BCUT2D eigenvalue weighted by atomic mass is 35.5. The van der Waals surface area contributed by atoms with E-state index in [9.17, 15) is 22.8 Å². The number of halogens is 5. The molecule has 1 aromatic carbocycles. The van der Waals surface area contributed by atoms with Crippen LogP contribution in [0.15, 0.2) is 29.5 Å². The molecule has 1 atom stereocenters. The van der Waals surface area contributed by atoms with Gasteiger partial charge in [-0.3, -0.25) is 9.59 Å². The van der Waals surface area contributed by atoms with E-state index in [1.54, 1.807) is 5.32 Å². The van der Waals surface area contributed by atoms with Crippen LogP contribution >= 0.6 is 23.2 Å². The summed E-state index contributed by atoms with van der Waals surface area (Å²) in [5.41, 5.74) is -5.02. The van der Waals surface area contributed by atoms with Gasteiger partial charge in [-0.1, -0.05) is 23.2 Å². The van der Waals surface area contributed by atoms with Gasteiger partial charge < -0.3 is 10.6 Å². The fourth-order valence-corrected chi connectivity index (χ4v) is 2.76. The molecular formula is C14H8Cl2F3N3O2. The second-order valence-electron chi connectivity index (χ2n) is 4.89. The molecule has 0 aliphatic carbocycles. The Labute approximate surface area is 144 Å². The van der Waals surface area contributed by atoms with E-state index in [4.69, 9.17) is 28.5 Å². The van der Waals surface area contributed by atoms with Crippen LogP contribution in [0.5, 0.6) is 0 Å². The monoisotopic (exact) mass is 377 g/mol. The maximum Gasteiger partial charge on any atom is 0.425 e. The summed E-state index contributed by atoms with van der Waals surface area (Å²) < 4.78 is 40.8. The van der Waals surface area contributed by atoms with Crippen LogP contribution in [0.1, 0.15) is 17.3 Å². The van der Waals surface area contributed by atoms with Crippen molar-refractivity contribution < 1.29 is 22.8 Å². The van der Waals surface area contributed by atoms with E-state index < -0.39 is 29.1 Å². The van der Waals surface area contributed by atoms with Crippen LogP contribution in [-0.4, -0.2) is 23.5 Å². The summed E-state index contributed by atoms with van der Waals surface area (Å²) in [4.78, 5) is 24.2. The molecule has 1 aliphatic rings. The Hall–Kier alpha value is -2.24. The van der Waals surface area contributed by atoms with Crippen LogP contribution in [0, 0.1) is 11.3 Å². The van der Waals surface area contributed by atoms with E-state index >= 15 is 0 Å². The molecule has 2 rings (SSSR count). The molecule has 1 aliphatic heterocycles. The van der Waals surface area contributed by atoms with Crippen LogP contribution in [-0.2, 0) is 4.79 Å². The van der Waals surface area contributed by atoms with Crippen molar-refractivity contribution >= 4 is 35.0 Å². The average Bonchev–Trinajstić information content (AvgIpc) is 2.69. The van der Waals surface area contributed by atoms with Crippen molar-refractivity contribution in [3.63, 3.8) is 0 Å². The fraction of sp³-hybridized carbons (Fsp3) is 0.214. The van der Waals surface area contributed by atoms with E-state index in [1.165, 1.54) is 18.2 Å². The van der Waals surface area contributed by atoms with Crippen LogP contribution in [0.4, 0.5) is 13.2 Å². The minimum atomic E-state index is -5.24. The highest BCUT2D eigenvalue weighted by Crippen LogP contribution is 2.41. The van der Waals surface area contributed by atoms with Crippen molar-refractivity contribution in [1.29, 1.82) is 5.26 Å². The molecule has 0 saturated carbocycles. The molecule has 0 saturated heterocycles. The maximum atomic E-state index is 13.6. The van der Waals surface area contributed by atoms with Gasteiger partial charge in [0.15, 0.2) is 0 Å². The Bertz CT molecular complexity index is 814. The molecule has 1 aromatic rings. The van der Waals surface area contributed by atoms with Crippen molar-refractivity contribution in [2.24, 2.45) is 0 Å². The lowest BCUT2D eigenvalue weighted by Gasteiger charge is -2.30. The van der Waals surface area contributed by atoms with E-state index in [-0.39, 0.29) is 21.3 Å². The second kappa shape index (κ2) is 6.00. The number of alkyl halides is 3. The van der Waals surface area contributed by atoms with Crippen LogP contribution < -0.4 is 10.6 Å². The number of carbonyl (C=O) groups excluding carboxylic acids is 2. The second-order valence-corrected chi connectivity index (χ2v) is 5.74. The smallest absolute Gasteiger partial charge is 0.326 e. The summed E-state index contributed by atoms with van der Waals surface area (Å²) in [7, 11) is 0. The van der Waals surface area contributed by atoms with Crippen molar-refractivity contribution in [3.8, 4) is 6.07 Å². The van der Waals surface area contributed by atoms with Gasteiger partial charge in [-0.15, -0.1) is 0 Å². The molecule has 0 fully saturated rings. The first-order valence-corrected chi connectivity index (χ1v) is 7.07. The largest absolute Gasteiger partial charge is 0.425 e. The zero-order chi connectivity index (χ0) is 18.3. The quantitative estimate of drug-likeness (QED) is 0.830. The van der Waals surface area contributed by atoms with Crippen LogP contribution in [0.3, 0.4) is 0 Å². The lowest BCUT2D eigenvalue weighted by Crippen LogP contribution is -2.64. The summed E-state index contributed by atoms with van der Waals surface area (Å²) in [5.74, 6) is -2.84. The molecule has 0 aromatic heterocycles. The number of nitrogens with one attached hydrogen (secondary N) is 2. The number of hydrogen-bond acceptors (Lipinski definition) is 3. The number of benzene rings is 1. The first kappa shape index (κ1) is 18.1. The Morgan fingerprint density at radius 2 is 2.00 bits per heavy atom. The molecule has 5 nitrogen and oxygen atoms in total. The molecule has 0 bridgehead atoms. The summed E-state index contributed by atoms with van der Waals surface area (Å²) in [5, 5.41) is 12.5.